The van der Waals surface area contributed by atoms with Gasteiger partial charge in [0.1, 0.15) is 12.4 Å². The Balaban J connectivity index is 1.77. The number of ether oxygens (including phenoxy) is 3. The van der Waals surface area contributed by atoms with Crippen molar-refractivity contribution in [2.24, 2.45) is 0 Å². The van der Waals surface area contributed by atoms with Gasteiger partial charge in [-0.15, -0.1) is 0 Å². The molecule has 2 N–H and O–H groups in total. The second-order valence-corrected chi connectivity index (χ2v) is 9.44. The van der Waals surface area contributed by atoms with Crippen LogP contribution in [0.15, 0.2) is 47.6 Å². The topological polar surface area (TPSA) is 129 Å². The van der Waals surface area contributed by atoms with Gasteiger partial charge in [-0.1, -0.05) is 0 Å². The smallest absolute Gasteiger partial charge is 0.240 e. The van der Waals surface area contributed by atoms with Gasteiger partial charge in [-0.25, -0.2) is 28.1 Å². The minimum atomic E-state index is -3.61. The number of anilines is 2. The van der Waals surface area contributed by atoms with E-state index < -0.39 is 10.0 Å². The minimum Gasteiger partial charge on any atom is -0.383 e. The summed E-state index contributed by atoms with van der Waals surface area (Å²) in [6.45, 7) is 5.83. The molecular weight excluding hydrogens is 472 g/mol. The van der Waals surface area contributed by atoms with E-state index in [-0.39, 0.29) is 17.5 Å². The van der Waals surface area contributed by atoms with Crippen LogP contribution in [0.2, 0.25) is 0 Å². The molecule has 0 saturated heterocycles. The van der Waals surface area contributed by atoms with Crippen LogP contribution < -0.4 is 10.0 Å². The quantitative estimate of drug-likeness (QED) is 0.318. The summed E-state index contributed by atoms with van der Waals surface area (Å²) >= 11 is 0. The molecule has 2 aromatic heterocycles. The second-order valence-electron chi connectivity index (χ2n) is 7.68. The van der Waals surface area contributed by atoms with Gasteiger partial charge < -0.3 is 24.1 Å². The molecule has 0 spiro atoms. The van der Waals surface area contributed by atoms with E-state index in [0.29, 0.717) is 43.8 Å². The zero-order valence-electron chi connectivity index (χ0n) is 20.4. The van der Waals surface area contributed by atoms with E-state index in [1.54, 1.807) is 44.8 Å². The molecular formula is C23H32N6O5S. The number of benzene rings is 1. The third-order valence-electron chi connectivity index (χ3n) is 5.08. The van der Waals surface area contributed by atoms with Crippen LogP contribution in [-0.4, -0.2) is 68.5 Å². The van der Waals surface area contributed by atoms with Crippen molar-refractivity contribution in [3.05, 3.63) is 48.5 Å². The zero-order chi connectivity index (χ0) is 25.3. The first kappa shape index (κ1) is 26.7. The number of imidazole rings is 1. The van der Waals surface area contributed by atoms with Gasteiger partial charge in [0.15, 0.2) is 0 Å². The van der Waals surface area contributed by atoms with Gasteiger partial charge in [-0.2, -0.15) is 0 Å². The van der Waals surface area contributed by atoms with Crippen molar-refractivity contribution >= 4 is 21.7 Å². The molecule has 0 radical (unpaired) electrons. The van der Waals surface area contributed by atoms with Gasteiger partial charge in [0.25, 0.3) is 0 Å². The summed E-state index contributed by atoms with van der Waals surface area (Å²) in [6, 6.07) is 8.19. The summed E-state index contributed by atoms with van der Waals surface area (Å²) in [5, 5.41) is 3.12. The standard InChI is InChI=1S/C23H32N6O5S/c1-5-34-13-12-26-35(30,31)19-8-6-18(7-9-19)27-23-24-11-10-20(28-23)21-14-25-22(16-33-4)29(21)17(2)15-32-3/h6-11,14,17,26H,5,12-13,15-16H2,1-4H3,(H,24,27,28). The Labute approximate surface area is 205 Å². The average Bonchev–Trinajstić information content (AvgIpc) is 3.27. The molecule has 3 aromatic rings. The fraction of sp³-hybridized carbons (Fsp3) is 0.435. The summed E-state index contributed by atoms with van der Waals surface area (Å²) in [5.41, 5.74) is 2.14. The van der Waals surface area contributed by atoms with Crippen LogP contribution >= 0.6 is 0 Å². The van der Waals surface area contributed by atoms with Gasteiger partial charge >= 0.3 is 0 Å². The first-order valence-electron chi connectivity index (χ1n) is 11.2. The molecule has 1 atom stereocenters. The van der Waals surface area contributed by atoms with Gasteiger partial charge in [-0.3, -0.25) is 0 Å². The Morgan fingerprint density at radius 2 is 1.86 bits per heavy atom. The molecule has 11 nitrogen and oxygen atoms in total. The molecule has 0 bridgehead atoms. The summed E-state index contributed by atoms with van der Waals surface area (Å²) in [7, 11) is -0.332. The molecule has 35 heavy (non-hydrogen) atoms. The van der Waals surface area contributed by atoms with E-state index in [1.165, 1.54) is 12.1 Å². The van der Waals surface area contributed by atoms with Crippen molar-refractivity contribution in [3.8, 4) is 11.4 Å². The van der Waals surface area contributed by atoms with Gasteiger partial charge in [0, 0.05) is 39.3 Å². The number of nitrogens with one attached hydrogen (secondary N) is 2. The van der Waals surface area contributed by atoms with Crippen LogP contribution in [0.1, 0.15) is 25.7 Å². The fourth-order valence-electron chi connectivity index (χ4n) is 3.52. The van der Waals surface area contributed by atoms with E-state index in [2.05, 4.69) is 25.0 Å². The van der Waals surface area contributed by atoms with Crippen LogP contribution in [0.5, 0.6) is 0 Å². The fourth-order valence-corrected chi connectivity index (χ4v) is 4.53. The molecule has 190 valence electrons. The highest BCUT2D eigenvalue weighted by Crippen LogP contribution is 2.25. The van der Waals surface area contributed by atoms with Crippen molar-refractivity contribution in [2.45, 2.75) is 31.4 Å². The highest BCUT2D eigenvalue weighted by molar-refractivity contribution is 7.89. The van der Waals surface area contributed by atoms with Crippen molar-refractivity contribution in [3.63, 3.8) is 0 Å². The number of nitrogens with zero attached hydrogens (tertiary/aromatic N) is 4. The first-order valence-corrected chi connectivity index (χ1v) is 12.7. The Hall–Kier alpha value is -2.90. The molecule has 12 heteroatoms. The van der Waals surface area contributed by atoms with Crippen LogP contribution in [0.3, 0.4) is 0 Å². The van der Waals surface area contributed by atoms with E-state index in [0.717, 1.165) is 11.5 Å². The predicted octanol–water partition coefficient (Wildman–Crippen LogP) is 2.75. The summed E-state index contributed by atoms with van der Waals surface area (Å²) in [6.07, 6.45) is 3.41. The van der Waals surface area contributed by atoms with Crippen LogP contribution in [-0.2, 0) is 30.8 Å². The molecule has 0 aliphatic rings. The minimum absolute atomic E-state index is 0.0191. The predicted molar refractivity (Wildman–Crippen MR) is 132 cm³/mol. The SMILES string of the molecule is CCOCCNS(=O)(=O)c1ccc(Nc2nccc(-c3cnc(COC)n3C(C)COC)n2)cc1. The number of hydrogen-bond acceptors (Lipinski definition) is 9. The van der Waals surface area contributed by atoms with Gasteiger partial charge in [0.05, 0.1) is 41.7 Å². The maximum absolute atomic E-state index is 12.4. The van der Waals surface area contributed by atoms with Crippen molar-refractivity contribution in [1.29, 1.82) is 0 Å². The summed E-state index contributed by atoms with van der Waals surface area (Å²) in [4.78, 5) is 13.6. The van der Waals surface area contributed by atoms with Crippen molar-refractivity contribution < 1.29 is 22.6 Å². The number of aromatic nitrogens is 4. The lowest BCUT2D eigenvalue weighted by molar-refractivity contribution is 0.147. The molecule has 3 rings (SSSR count). The van der Waals surface area contributed by atoms with Crippen LogP contribution in [0.25, 0.3) is 11.4 Å². The van der Waals surface area contributed by atoms with E-state index >= 15 is 0 Å². The molecule has 2 heterocycles. The molecule has 0 amide bonds. The Bertz CT molecular complexity index is 1180. The molecule has 1 aromatic carbocycles. The van der Waals surface area contributed by atoms with Crippen LogP contribution in [0, 0.1) is 0 Å². The zero-order valence-corrected chi connectivity index (χ0v) is 21.2. The lowest BCUT2D eigenvalue weighted by atomic mass is 10.2. The Morgan fingerprint density at radius 3 is 2.54 bits per heavy atom. The Kier molecular flexibility index (Phi) is 9.69. The van der Waals surface area contributed by atoms with Gasteiger partial charge in [0.2, 0.25) is 16.0 Å². The maximum Gasteiger partial charge on any atom is 0.240 e. The van der Waals surface area contributed by atoms with Crippen molar-refractivity contribution in [2.75, 3.05) is 45.9 Å². The maximum atomic E-state index is 12.4. The highest BCUT2D eigenvalue weighted by Gasteiger charge is 2.18. The van der Waals surface area contributed by atoms with E-state index in [4.69, 9.17) is 14.2 Å². The number of sulfonamides is 1. The molecule has 0 aliphatic heterocycles. The van der Waals surface area contributed by atoms with Gasteiger partial charge in [-0.05, 0) is 44.2 Å². The number of rotatable bonds is 14. The monoisotopic (exact) mass is 504 g/mol. The van der Waals surface area contributed by atoms with E-state index in [1.807, 2.05) is 18.4 Å². The van der Waals surface area contributed by atoms with Crippen LogP contribution in [0.4, 0.5) is 11.6 Å². The molecule has 0 saturated carbocycles. The van der Waals surface area contributed by atoms with Crippen molar-refractivity contribution in [1.82, 2.24) is 24.2 Å². The molecule has 1 unspecified atom stereocenters. The number of methoxy groups -OCH3 is 2. The average molecular weight is 505 g/mol. The molecule has 0 fully saturated rings. The lowest BCUT2D eigenvalue weighted by Gasteiger charge is -2.18. The lowest BCUT2D eigenvalue weighted by Crippen LogP contribution is -2.27. The largest absolute Gasteiger partial charge is 0.383 e. The molecule has 0 aliphatic carbocycles. The van der Waals surface area contributed by atoms with E-state index in [9.17, 15) is 8.42 Å². The second kappa shape index (κ2) is 12.7. The third-order valence-corrected chi connectivity index (χ3v) is 6.55. The number of hydrogen-bond donors (Lipinski definition) is 2. The first-order chi connectivity index (χ1) is 16.9. The summed E-state index contributed by atoms with van der Waals surface area (Å²) < 4.78 is 45.2. The third kappa shape index (κ3) is 7.05. The summed E-state index contributed by atoms with van der Waals surface area (Å²) in [5.74, 6) is 1.14. The highest BCUT2D eigenvalue weighted by atomic mass is 32.2. The Morgan fingerprint density at radius 1 is 1.09 bits per heavy atom. The normalized spacial score (nSPS) is 12.6.